The van der Waals surface area contributed by atoms with Gasteiger partial charge in [0, 0.05) is 41.9 Å². The van der Waals surface area contributed by atoms with Crippen LogP contribution >= 0.6 is 11.8 Å². The average molecular weight is 495 g/mol. The Bertz CT molecular complexity index is 1380. The Labute approximate surface area is 194 Å². The summed E-state index contributed by atoms with van der Waals surface area (Å²) in [5, 5.41) is 4.12. The molecular weight excluding hydrogens is 477 g/mol. The molecule has 0 aromatic carbocycles. The molecule has 1 aliphatic carbocycles. The Morgan fingerprint density at radius 2 is 1.85 bits per heavy atom. The van der Waals surface area contributed by atoms with Crippen molar-refractivity contribution < 1.29 is 26.5 Å². The maximum atomic E-state index is 13.8. The van der Waals surface area contributed by atoms with Gasteiger partial charge in [0.05, 0.1) is 11.3 Å². The van der Waals surface area contributed by atoms with Crippen molar-refractivity contribution >= 4 is 22.9 Å². The maximum Gasteiger partial charge on any atom is 0.458 e. The molecule has 0 amide bonds. The predicted molar refractivity (Wildman–Crippen MR) is 116 cm³/mol. The SMILES string of the molecule is CCSc1cc(-c2cc(C3CC3)no2)cnc1-c1nc2cc(C(F)(F)C(F)(F)F)cnc2n1C. The van der Waals surface area contributed by atoms with E-state index in [2.05, 4.69) is 20.1 Å². The van der Waals surface area contributed by atoms with Gasteiger partial charge in [-0.3, -0.25) is 4.98 Å². The van der Waals surface area contributed by atoms with Gasteiger partial charge in [0.1, 0.15) is 11.2 Å². The molecule has 0 atom stereocenters. The summed E-state index contributed by atoms with van der Waals surface area (Å²) in [6.45, 7) is 1.96. The van der Waals surface area contributed by atoms with Gasteiger partial charge in [-0.05, 0) is 30.7 Å². The van der Waals surface area contributed by atoms with Gasteiger partial charge in [-0.25, -0.2) is 9.97 Å². The number of pyridine rings is 2. The van der Waals surface area contributed by atoms with Crippen LogP contribution in [0.5, 0.6) is 0 Å². The summed E-state index contributed by atoms with van der Waals surface area (Å²) in [6, 6.07) is 4.49. The lowest BCUT2D eigenvalue weighted by Gasteiger charge is -2.19. The van der Waals surface area contributed by atoms with Crippen molar-refractivity contribution in [3.05, 3.63) is 41.9 Å². The Balaban J connectivity index is 1.57. The molecule has 12 heteroatoms. The van der Waals surface area contributed by atoms with E-state index in [-0.39, 0.29) is 11.2 Å². The van der Waals surface area contributed by atoms with E-state index in [0.717, 1.165) is 29.0 Å². The van der Waals surface area contributed by atoms with Gasteiger partial charge in [-0.1, -0.05) is 12.1 Å². The fraction of sp³-hybridized carbons (Fsp3) is 0.364. The summed E-state index contributed by atoms with van der Waals surface area (Å²) in [5.74, 6) is -2.99. The molecule has 0 bridgehead atoms. The van der Waals surface area contributed by atoms with E-state index in [4.69, 9.17) is 4.52 Å². The third-order valence-corrected chi connectivity index (χ3v) is 6.51. The van der Waals surface area contributed by atoms with Crippen LogP contribution in [0.25, 0.3) is 34.0 Å². The molecule has 6 nitrogen and oxygen atoms in total. The third kappa shape index (κ3) is 3.83. The normalized spacial score (nSPS) is 14.8. The molecule has 1 aliphatic rings. The highest BCUT2D eigenvalue weighted by Gasteiger charge is 2.59. The van der Waals surface area contributed by atoms with Gasteiger partial charge < -0.3 is 9.09 Å². The molecule has 4 heterocycles. The van der Waals surface area contributed by atoms with Crippen LogP contribution in [-0.4, -0.2) is 36.6 Å². The van der Waals surface area contributed by atoms with E-state index in [9.17, 15) is 22.0 Å². The van der Waals surface area contributed by atoms with Gasteiger partial charge in [0.2, 0.25) is 0 Å². The van der Waals surface area contributed by atoms with Crippen LogP contribution in [0.4, 0.5) is 22.0 Å². The molecule has 0 aliphatic heterocycles. The Morgan fingerprint density at radius 3 is 2.53 bits per heavy atom. The molecular formula is C22H18F5N5OS. The van der Waals surface area contributed by atoms with Crippen molar-refractivity contribution in [3.8, 4) is 22.8 Å². The highest BCUT2D eigenvalue weighted by Crippen LogP contribution is 2.44. The first-order valence-corrected chi connectivity index (χ1v) is 11.5. The Kier molecular flexibility index (Phi) is 5.38. The Morgan fingerprint density at radius 1 is 1.09 bits per heavy atom. The average Bonchev–Trinajstić information content (AvgIpc) is 3.43. The van der Waals surface area contributed by atoms with Crippen molar-refractivity contribution in [1.29, 1.82) is 0 Å². The number of alkyl halides is 5. The lowest BCUT2D eigenvalue weighted by Crippen LogP contribution is -2.33. The third-order valence-electron chi connectivity index (χ3n) is 5.60. The number of hydrogen-bond donors (Lipinski definition) is 0. The summed E-state index contributed by atoms with van der Waals surface area (Å²) in [5.41, 5.74) is 0.920. The lowest BCUT2D eigenvalue weighted by molar-refractivity contribution is -0.289. The fourth-order valence-corrected chi connectivity index (χ4v) is 4.43. The van der Waals surface area contributed by atoms with Gasteiger partial charge in [0.15, 0.2) is 17.2 Å². The van der Waals surface area contributed by atoms with Crippen molar-refractivity contribution in [1.82, 2.24) is 24.7 Å². The number of imidazole rings is 1. The highest BCUT2D eigenvalue weighted by molar-refractivity contribution is 7.99. The number of nitrogens with zero attached hydrogens (tertiary/aromatic N) is 5. The minimum absolute atomic E-state index is 0.0819. The fourth-order valence-electron chi connectivity index (χ4n) is 3.63. The summed E-state index contributed by atoms with van der Waals surface area (Å²) in [4.78, 5) is 13.4. The molecule has 4 aromatic rings. The smallest absolute Gasteiger partial charge is 0.356 e. The lowest BCUT2D eigenvalue weighted by atomic mass is 10.1. The molecule has 0 saturated heterocycles. The van der Waals surface area contributed by atoms with E-state index < -0.39 is 17.7 Å². The number of hydrogen-bond acceptors (Lipinski definition) is 6. The standard InChI is InChI=1S/C22H18F5N5OS/c1-3-34-17-6-12(16-8-14(31-33-16)11-4-5-11)9-28-18(17)20-30-15-7-13(10-29-19(15)32(20)2)21(23,24)22(25,26)27/h6-11H,3-5H2,1-2H3. The number of aryl methyl sites for hydroxylation is 1. The number of thioether (sulfide) groups is 1. The first-order chi connectivity index (χ1) is 16.1. The second-order valence-electron chi connectivity index (χ2n) is 8.03. The van der Waals surface area contributed by atoms with Crippen LogP contribution in [0.15, 0.2) is 40.0 Å². The zero-order valence-corrected chi connectivity index (χ0v) is 18.8. The van der Waals surface area contributed by atoms with Crippen LogP contribution < -0.4 is 0 Å². The quantitative estimate of drug-likeness (QED) is 0.230. The molecule has 0 unspecified atom stereocenters. The van der Waals surface area contributed by atoms with Crippen LogP contribution in [-0.2, 0) is 13.0 Å². The number of fused-ring (bicyclic) bond motifs is 1. The zero-order valence-electron chi connectivity index (χ0n) is 18.0. The first-order valence-electron chi connectivity index (χ1n) is 10.5. The number of halogens is 5. The molecule has 0 spiro atoms. The van der Waals surface area contributed by atoms with Gasteiger partial charge in [0.25, 0.3) is 0 Å². The summed E-state index contributed by atoms with van der Waals surface area (Å²) in [7, 11) is 1.60. The van der Waals surface area contributed by atoms with E-state index in [1.165, 1.54) is 16.3 Å². The first kappa shape index (κ1) is 22.8. The van der Waals surface area contributed by atoms with Crippen molar-refractivity contribution in [2.45, 2.75) is 42.7 Å². The summed E-state index contributed by atoms with van der Waals surface area (Å²) in [6.07, 6.45) is -1.42. The molecule has 0 N–H and O–H groups in total. The van der Waals surface area contributed by atoms with Crippen LogP contribution in [0.1, 0.15) is 36.9 Å². The number of rotatable bonds is 6. The van der Waals surface area contributed by atoms with Crippen molar-refractivity contribution in [3.63, 3.8) is 0 Å². The molecule has 0 radical (unpaired) electrons. The van der Waals surface area contributed by atoms with Gasteiger partial charge in [-0.15, -0.1) is 11.8 Å². The second kappa shape index (κ2) is 8.03. The van der Waals surface area contributed by atoms with Crippen LogP contribution in [0.3, 0.4) is 0 Å². The van der Waals surface area contributed by atoms with E-state index in [1.807, 2.05) is 19.1 Å². The Hall–Kier alpha value is -3.02. The predicted octanol–water partition coefficient (Wildman–Crippen LogP) is 6.33. The molecule has 5 rings (SSSR count). The largest absolute Gasteiger partial charge is 0.458 e. The highest BCUT2D eigenvalue weighted by atomic mass is 32.2. The second-order valence-corrected chi connectivity index (χ2v) is 9.33. The minimum Gasteiger partial charge on any atom is -0.356 e. The number of aromatic nitrogens is 5. The zero-order chi connectivity index (χ0) is 24.3. The van der Waals surface area contributed by atoms with Crippen LogP contribution in [0, 0.1) is 0 Å². The molecule has 178 valence electrons. The summed E-state index contributed by atoms with van der Waals surface area (Å²) >= 11 is 1.49. The van der Waals surface area contributed by atoms with Crippen LogP contribution in [0.2, 0.25) is 0 Å². The van der Waals surface area contributed by atoms with E-state index in [0.29, 0.717) is 41.2 Å². The van der Waals surface area contributed by atoms with Gasteiger partial charge >= 0.3 is 12.1 Å². The van der Waals surface area contributed by atoms with Crippen molar-refractivity contribution in [2.24, 2.45) is 7.05 Å². The van der Waals surface area contributed by atoms with Crippen molar-refractivity contribution in [2.75, 3.05) is 5.75 Å². The van der Waals surface area contributed by atoms with E-state index >= 15 is 0 Å². The monoisotopic (exact) mass is 495 g/mol. The summed E-state index contributed by atoms with van der Waals surface area (Å²) < 4.78 is 73.1. The topological polar surface area (TPSA) is 69.6 Å². The van der Waals surface area contributed by atoms with Gasteiger partial charge in [-0.2, -0.15) is 22.0 Å². The molecule has 1 fully saturated rings. The van der Waals surface area contributed by atoms with E-state index in [1.54, 1.807) is 13.2 Å². The maximum absolute atomic E-state index is 13.8. The minimum atomic E-state index is -5.73. The molecule has 4 aromatic heterocycles. The molecule has 1 saturated carbocycles. The molecule has 34 heavy (non-hydrogen) atoms.